The van der Waals surface area contributed by atoms with Crippen molar-refractivity contribution in [1.82, 2.24) is 25.4 Å². The van der Waals surface area contributed by atoms with E-state index < -0.39 is 0 Å². The molecule has 0 bridgehead atoms. The lowest BCUT2D eigenvalue weighted by molar-refractivity contribution is 0.0154. The van der Waals surface area contributed by atoms with Gasteiger partial charge in [0, 0.05) is 31.7 Å². The van der Waals surface area contributed by atoms with Crippen LogP contribution >= 0.6 is 0 Å². The Morgan fingerprint density at radius 2 is 2.07 bits per heavy atom. The van der Waals surface area contributed by atoms with Gasteiger partial charge in [-0.1, -0.05) is 25.3 Å². The number of H-pyrrole nitrogens is 1. The number of aromatic nitrogens is 3. The first-order valence-electron chi connectivity index (χ1n) is 10.4. The lowest BCUT2D eigenvalue weighted by Crippen LogP contribution is -2.44. The second kappa shape index (κ2) is 9.30. The maximum Gasteiger partial charge on any atom is 0.254 e. The first-order valence-corrected chi connectivity index (χ1v) is 10.4. The fraction of sp³-hybridized carbons (Fsp3) is 0.571. The number of rotatable bonds is 6. The lowest BCUT2D eigenvalue weighted by Gasteiger charge is -2.34. The van der Waals surface area contributed by atoms with E-state index in [-0.39, 0.29) is 11.9 Å². The molecule has 28 heavy (non-hydrogen) atoms. The molecule has 1 aliphatic heterocycles. The van der Waals surface area contributed by atoms with Gasteiger partial charge in [0.25, 0.3) is 5.91 Å². The minimum atomic E-state index is -0.0523. The van der Waals surface area contributed by atoms with Gasteiger partial charge >= 0.3 is 0 Å². The van der Waals surface area contributed by atoms with Crippen molar-refractivity contribution in [2.24, 2.45) is 0 Å². The molecule has 0 aromatic carbocycles. The second-order valence-corrected chi connectivity index (χ2v) is 7.66. The van der Waals surface area contributed by atoms with Gasteiger partial charge < -0.3 is 10.1 Å². The van der Waals surface area contributed by atoms with E-state index in [1.807, 2.05) is 24.4 Å². The highest BCUT2D eigenvalue weighted by atomic mass is 16.5. The highest BCUT2D eigenvalue weighted by Crippen LogP contribution is 2.33. The average molecular weight is 383 g/mol. The predicted molar refractivity (Wildman–Crippen MR) is 106 cm³/mol. The quantitative estimate of drug-likeness (QED) is 0.801. The van der Waals surface area contributed by atoms with E-state index in [9.17, 15) is 4.79 Å². The molecule has 2 N–H and O–H groups in total. The number of nitrogens with zero attached hydrogens (tertiary/aromatic N) is 3. The molecule has 0 radical (unpaired) electrons. The molecular weight excluding hydrogens is 354 g/mol. The Morgan fingerprint density at radius 3 is 2.82 bits per heavy atom. The Bertz CT molecular complexity index is 751. The fourth-order valence-corrected chi connectivity index (χ4v) is 4.35. The number of ether oxygens (including phenoxy) is 1. The minimum absolute atomic E-state index is 0.0408. The van der Waals surface area contributed by atoms with E-state index >= 15 is 0 Å². The SMILES string of the molecule is O=C(NCC(c1ccccn1)N1CCOCC1)c1cn[nH]c1C1CCCCC1. The van der Waals surface area contributed by atoms with E-state index in [0.29, 0.717) is 31.2 Å². The zero-order chi connectivity index (χ0) is 19.2. The van der Waals surface area contributed by atoms with Crippen molar-refractivity contribution in [3.63, 3.8) is 0 Å². The number of amides is 1. The third-order valence-corrected chi connectivity index (χ3v) is 5.90. The van der Waals surface area contributed by atoms with Crippen LogP contribution in [0.4, 0.5) is 0 Å². The molecule has 4 rings (SSSR count). The highest BCUT2D eigenvalue weighted by Gasteiger charge is 2.27. The number of aromatic amines is 1. The Kier molecular flexibility index (Phi) is 6.34. The predicted octanol–water partition coefficient (Wildman–Crippen LogP) is 2.66. The Labute approximate surface area is 165 Å². The van der Waals surface area contributed by atoms with Crippen molar-refractivity contribution in [1.29, 1.82) is 0 Å². The van der Waals surface area contributed by atoms with Crippen LogP contribution in [0.25, 0.3) is 0 Å². The van der Waals surface area contributed by atoms with Crippen LogP contribution in [0.5, 0.6) is 0 Å². The van der Waals surface area contributed by atoms with Crippen LogP contribution in [-0.2, 0) is 4.74 Å². The van der Waals surface area contributed by atoms with Crippen molar-refractivity contribution in [2.75, 3.05) is 32.8 Å². The zero-order valence-corrected chi connectivity index (χ0v) is 16.3. The van der Waals surface area contributed by atoms with Crippen molar-refractivity contribution < 1.29 is 9.53 Å². The second-order valence-electron chi connectivity index (χ2n) is 7.66. The van der Waals surface area contributed by atoms with Crippen LogP contribution < -0.4 is 5.32 Å². The smallest absolute Gasteiger partial charge is 0.254 e. The van der Waals surface area contributed by atoms with Gasteiger partial charge in [-0.3, -0.25) is 19.8 Å². The summed E-state index contributed by atoms with van der Waals surface area (Å²) in [6.07, 6.45) is 9.48. The molecule has 150 valence electrons. The normalized spacial score (nSPS) is 20.0. The summed E-state index contributed by atoms with van der Waals surface area (Å²) in [6, 6.07) is 5.98. The van der Waals surface area contributed by atoms with Crippen LogP contribution in [0.1, 0.15) is 65.8 Å². The van der Waals surface area contributed by atoms with E-state index in [4.69, 9.17) is 4.74 Å². The maximum absolute atomic E-state index is 13.0. The highest BCUT2D eigenvalue weighted by molar-refractivity contribution is 5.95. The molecule has 1 unspecified atom stereocenters. The molecule has 7 nitrogen and oxygen atoms in total. The van der Waals surface area contributed by atoms with Crippen LogP contribution in [0.15, 0.2) is 30.6 Å². The van der Waals surface area contributed by atoms with E-state index in [1.54, 1.807) is 6.20 Å². The van der Waals surface area contributed by atoms with Gasteiger partial charge in [0.05, 0.1) is 42.4 Å². The summed E-state index contributed by atoms with van der Waals surface area (Å²) in [5, 5.41) is 10.4. The number of hydrogen-bond donors (Lipinski definition) is 2. The molecule has 2 fully saturated rings. The Hall–Kier alpha value is -2.25. The molecule has 2 aromatic heterocycles. The van der Waals surface area contributed by atoms with Crippen LogP contribution in [0.3, 0.4) is 0 Å². The van der Waals surface area contributed by atoms with Gasteiger partial charge in [-0.25, -0.2) is 0 Å². The third-order valence-electron chi connectivity index (χ3n) is 5.90. The summed E-state index contributed by atoms with van der Waals surface area (Å²) in [6.45, 7) is 3.63. The summed E-state index contributed by atoms with van der Waals surface area (Å²) in [5.41, 5.74) is 2.66. The largest absolute Gasteiger partial charge is 0.379 e. The number of carbonyl (C=O) groups is 1. The molecule has 7 heteroatoms. The number of nitrogens with one attached hydrogen (secondary N) is 2. The molecule has 2 aliphatic rings. The fourth-order valence-electron chi connectivity index (χ4n) is 4.35. The topological polar surface area (TPSA) is 83.1 Å². The zero-order valence-electron chi connectivity index (χ0n) is 16.3. The lowest BCUT2D eigenvalue weighted by atomic mass is 9.85. The Morgan fingerprint density at radius 1 is 1.25 bits per heavy atom. The summed E-state index contributed by atoms with van der Waals surface area (Å²) in [4.78, 5) is 19.8. The molecule has 1 saturated carbocycles. The van der Waals surface area contributed by atoms with Crippen LogP contribution in [-0.4, -0.2) is 58.8 Å². The summed E-state index contributed by atoms with van der Waals surface area (Å²) in [7, 11) is 0. The maximum atomic E-state index is 13.0. The molecule has 3 heterocycles. The first-order chi connectivity index (χ1) is 13.8. The molecule has 1 aliphatic carbocycles. The van der Waals surface area contributed by atoms with E-state index in [1.165, 1.54) is 19.3 Å². The standard InChI is InChI=1S/C21H29N5O2/c27-21(17-14-24-25-20(17)16-6-2-1-3-7-16)23-15-19(18-8-4-5-9-22-18)26-10-12-28-13-11-26/h4-5,8-9,14,16,19H,1-3,6-7,10-13,15H2,(H,23,27)(H,24,25). The van der Waals surface area contributed by atoms with Crippen molar-refractivity contribution >= 4 is 5.91 Å². The van der Waals surface area contributed by atoms with Crippen LogP contribution in [0.2, 0.25) is 0 Å². The molecule has 2 aromatic rings. The van der Waals surface area contributed by atoms with Gasteiger partial charge in [-0.2, -0.15) is 5.10 Å². The van der Waals surface area contributed by atoms with Gasteiger partial charge in [0.1, 0.15) is 0 Å². The van der Waals surface area contributed by atoms with Crippen molar-refractivity contribution in [3.8, 4) is 0 Å². The molecule has 1 amide bonds. The van der Waals surface area contributed by atoms with Crippen LogP contribution in [0, 0.1) is 0 Å². The van der Waals surface area contributed by atoms with Gasteiger partial charge in [0.15, 0.2) is 0 Å². The van der Waals surface area contributed by atoms with Crippen molar-refractivity contribution in [2.45, 2.75) is 44.1 Å². The monoisotopic (exact) mass is 383 g/mol. The van der Waals surface area contributed by atoms with Gasteiger partial charge in [-0.05, 0) is 25.0 Å². The number of pyridine rings is 1. The van der Waals surface area contributed by atoms with E-state index in [0.717, 1.165) is 37.3 Å². The summed E-state index contributed by atoms with van der Waals surface area (Å²) >= 11 is 0. The van der Waals surface area contributed by atoms with Gasteiger partial charge in [-0.15, -0.1) is 0 Å². The molecule has 0 spiro atoms. The average Bonchev–Trinajstić information content (AvgIpc) is 3.26. The number of carbonyl (C=O) groups excluding carboxylic acids is 1. The summed E-state index contributed by atoms with van der Waals surface area (Å²) in [5.74, 6) is 0.367. The number of hydrogen-bond acceptors (Lipinski definition) is 5. The summed E-state index contributed by atoms with van der Waals surface area (Å²) < 4.78 is 5.49. The number of morpholine rings is 1. The van der Waals surface area contributed by atoms with E-state index in [2.05, 4.69) is 25.4 Å². The Balaban J connectivity index is 1.45. The minimum Gasteiger partial charge on any atom is -0.379 e. The first kappa shape index (κ1) is 19.1. The third kappa shape index (κ3) is 4.42. The molecular formula is C21H29N5O2. The van der Waals surface area contributed by atoms with Gasteiger partial charge in [0.2, 0.25) is 0 Å². The van der Waals surface area contributed by atoms with Crippen molar-refractivity contribution in [3.05, 3.63) is 47.5 Å². The molecule has 1 saturated heterocycles. The molecule has 1 atom stereocenters.